The fourth-order valence-corrected chi connectivity index (χ4v) is 2.35. The third-order valence-electron chi connectivity index (χ3n) is 3.89. The van der Waals surface area contributed by atoms with E-state index < -0.39 is 12.1 Å². The van der Waals surface area contributed by atoms with Crippen molar-refractivity contribution in [3.63, 3.8) is 0 Å². The van der Waals surface area contributed by atoms with Gasteiger partial charge in [0.1, 0.15) is 11.5 Å². The van der Waals surface area contributed by atoms with Gasteiger partial charge < -0.3 is 14.2 Å². The number of esters is 1. The number of ether oxygens (including phenoxy) is 3. The minimum atomic E-state index is -0.892. The van der Waals surface area contributed by atoms with Crippen LogP contribution in [0.4, 0.5) is 0 Å². The number of hydrogen-bond acceptors (Lipinski definition) is 5. The molecular weight excluding hydrogens is 320 g/mol. The third-order valence-corrected chi connectivity index (χ3v) is 3.89. The molecule has 5 nitrogen and oxygen atoms in total. The van der Waals surface area contributed by atoms with Crippen molar-refractivity contribution in [2.75, 3.05) is 14.2 Å². The Kier molecular flexibility index (Phi) is 6.17. The Morgan fingerprint density at radius 3 is 1.96 bits per heavy atom. The van der Waals surface area contributed by atoms with Gasteiger partial charge in [0.15, 0.2) is 6.10 Å². The zero-order valence-corrected chi connectivity index (χ0v) is 14.9. The maximum Gasteiger partial charge on any atom is 0.339 e. The first-order valence-electron chi connectivity index (χ1n) is 8.05. The van der Waals surface area contributed by atoms with E-state index in [4.69, 9.17) is 14.2 Å². The highest BCUT2D eigenvalue weighted by molar-refractivity contribution is 6.01. The van der Waals surface area contributed by atoms with E-state index in [9.17, 15) is 9.59 Å². The molecule has 2 aromatic carbocycles. The van der Waals surface area contributed by atoms with Crippen LogP contribution in [0.15, 0.2) is 42.5 Å². The van der Waals surface area contributed by atoms with Crippen molar-refractivity contribution >= 4 is 11.8 Å². The van der Waals surface area contributed by atoms with E-state index in [1.54, 1.807) is 25.1 Å². The molecule has 0 amide bonds. The topological polar surface area (TPSA) is 61.8 Å². The summed E-state index contributed by atoms with van der Waals surface area (Å²) in [4.78, 5) is 24.8. The molecule has 2 rings (SSSR count). The summed E-state index contributed by atoms with van der Waals surface area (Å²) < 4.78 is 15.6. The molecule has 1 atom stereocenters. The molecule has 0 aliphatic heterocycles. The predicted molar refractivity (Wildman–Crippen MR) is 94.6 cm³/mol. The Hall–Kier alpha value is -2.82. The highest BCUT2D eigenvalue weighted by Gasteiger charge is 2.21. The lowest BCUT2D eigenvalue weighted by Crippen LogP contribution is -2.24. The summed E-state index contributed by atoms with van der Waals surface area (Å²) >= 11 is 0. The highest BCUT2D eigenvalue weighted by atomic mass is 16.5. The largest absolute Gasteiger partial charge is 0.497 e. The average Bonchev–Trinajstić information content (AvgIpc) is 2.66. The second-order valence-electron chi connectivity index (χ2n) is 5.56. The molecule has 0 radical (unpaired) electrons. The minimum absolute atomic E-state index is 0.245. The molecule has 0 spiro atoms. The van der Waals surface area contributed by atoms with Gasteiger partial charge in [0.2, 0.25) is 5.78 Å². The first-order valence-corrected chi connectivity index (χ1v) is 8.05. The minimum Gasteiger partial charge on any atom is -0.497 e. The summed E-state index contributed by atoms with van der Waals surface area (Å²) in [5.74, 6) is 0.0926. The van der Waals surface area contributed by atoms with Crippen molar-refractivity contribution in [1.29, 1.82) is 0 Å². The standard InChI is InChI=1S/C20H22O5/c1-5-14-6-8-15(9-7-14)19(21)13(2)25-20(22)16-10-17(23-3)12-18(11-16)24-4/h6-13H,5H2,1-4H3. The van der Waals surface area contributed by atoms with E-state index in [1.807, 2.05) is 19.1 Å². The summed E-state index contributed by atoms with van der Waals surface area (Å²) in [6.45, 7) is 3.61. The van der Waals surface area contributed by atoms with Gasteiger partial charge in [-0.1, -0.05) is 31.2 Å². The van der Waals surface area contributed by atoms with Crippen molar-refractivity contribution in [2.24, 2.45) is 0 Å². The lowest BCUT2D eigenvalue weighted by molar-refractivity contribution is 0.0318. The maximum absolute atomic E-state index is 12.4. The molecule has 0 N–H and O–H groups in total. The normalized spacial score (nSPS) is 11.5. The summed E-state index contributed by atoms with van der Waals surface area (Å²) in [5.41, 5.74) is 1.92. The number of benzene rings is 2. The van der Waals surface area contributed by atoms with Crippen molar-refractivity contribution in [3.8, 4) is 11.5 Å². The Bertz CT molecular complexity index is 727. The van der Waals surface area contributed by atoms with Crippen LogP contribution < -0.4 is 9.47 Å². The SMILES string of the molecule is CCc1ccc(C(=O)C(C)OC(=O)c2cc(OC)cc(OC)c2)cc1. The van der Waals surface area contributed by atoms with Gasteiger partial charge in [0, 0.05) is 11.6 Å². The van der Waals surface area contributed by atoms with Crippen LogP contribution in [0.25, 0.3) is 0 Å². The van der Waals surface area contributed by atoms with Gasteiger partial charge in [-0.15, -0.1) is 0 Å². The van der Waals surface area contributed by atoms with Gasteiger partial charge in [-0.3, -0.25) is 4.79 Å². The van der Waals surface area contributed by atoms with Crippen LogP contribution in [0.1, 0.15) is 40.1 Å². The van der Waals surface area contributed by atoms with Gasteiger partial charge >= 0.3 is 5.97 Å². The summed E-state index contributed by atoms with van der Waals surface area (Å²) in [7, 11) is 2.99. The number of methoxy groups -OCH3 is 2. The van der Waals surface area contributed by atoms with Crippen LogP contribution >= 0.6 is 0 Å². The lowest BCUT2D eigenvalue weighted by Gasteiger charge is -2.14. The zero-order chi connectivity index (χ0) is 18.4. The lowest BCUT2D eigenvalue weighted by atomic mass is 10.0. The predicted octanol–water partition coefficient (Wildman–Crippen LogP) is 3.69. The van der Waals surface area contributed by atoms with Crippen LogP contribution in [0.5, 0.6) is 11.5 Å². The number of ketones is 1. The molecule has 0 aliphatic carbocycles. The van der Waals surface area contributed by atoms with E-state index in [2.05, 4.69) is 0 Å². The summed E-state index contributed by atoms with van der Waals surface area (Å²) in [6, 6.07) is 12.0. The van der Waals surface area contributed by atoms with Gasteiger partial charge in [-0.25, -0.2) is 4.79 Å². The first kappa shape index (κ1) is 18.5. The molecule has 5 heteroatoms. The average molecular weight is 342 g/mol. The van der Waals surface area contributed by atoms with Gasteiger partial charge in [-0.2, -0.15) is 0 Å². The first-order chi connectivity index (χ1) is 12.0. The molecule has 0 heterocycles. The summed E-state index contributed by atoms with van der Waals surface area (Å²) in [6.07, 6.45) is 0.00798. The Labute approximate surface area is 147 Å². The number of rotatable bonds is 7. The van der Waals surface area contributed by atoms with Gasteiger partial charge in [-0.05, 0) is 31.0 Å². The highest BCUT2D eigenvalue weighted by Crippen LogP contribution is 2.23. The Morgan fingerprint density at radius 1 is 0.920 bits per heavy atom. The van der Waals surface area contributed by atoms with Crippen molar-refractivity contribution in [3.05, 3.63) is 59.2 Å². The third kappa shape index (κ3) is 4.59. The molecule has 1 unspecified atom stereocenters. The Balaban J connectivity index is 2.12. The Morgan fingerprint density at radius 2 is 1.48 bits per heavy atom. The number of carbonyl (C=O) groups excluding carboxylic acids is 2. The van der Waals surface area contributed by atoms with Crippen molar-refractivity contribution in [1.82, 2.24) is 0 Å². The molecule has 0 bridgehead atoms. The van der Waals surface area contributed by atoms with E-state index in [-0.39, 0.29) is 11.3 Å². The van der Waals surface area contributed by atoms with E-state index in [0.717, 1.165) is 12.0 Å². The second kappa shape index (κ2) is 8.33. The van der Waals surface area contributed by atoms with Gasteiger partial charge in [0.05, 0.1) is 19.8 Å². The van der Waals surface area contributed by atoms with E-state index >= 15 is 0 Å². The molecule has 25 heavy (non-hydrogen) atoms. The van der Waals surface area contributed by atoms with Crippen LogP contribution in [-0.2, 0) is 11.2 Å². The zero-order valence-electron chi connectivity index (χ0n) is 14.9. The van der Waals surface area contributed by atoms with Crippen molar-refractivity contribution < 1.29 is 23.8 Å². The van der Waals surface area contributed by atoms with Crippen LogP contribution in [-0.4, -0.2) is 32.1 Å². The molecule has 0 aromatic heterocycles. The number of aryl methyl sites for hydroxylation is 1. The molecule has 0 aliphatic rings. The molecule has 2 aromatic rings. The maximum atomic E-state index is 12.4. The van der Waals surface area contributed by atoms with E-state index in [1.165, 1.54) is 26.4 Å². The van der Waals surface area contributed by atoms with E-state index in [0.29, 0.717) is 17.1 Å². The molecule has 0 fully saturated rings. The quantitative estimate of drug-likeness (QED) is 0.567. The van der Waals surface area contributed by atoms with Crippen LogP contribution in [0, 0.1) is 0 Å². The summed E-state index contributed by atoms with van der Waals surface area (Å²) in [5, 5.41) is 0. The monoisotopic (exact) mass is 342 g/mol. The van der Waals surface area contributed by atoms with Gasteiger partial charge in [0.25, 0.3) is 0 Å². The fourth-order valence-electron chi connectivity index (χ4n) is 2.35. The number of carbonyl (C=O) groups is 2. The number of Topliss-reactive ketones (excluding diaryl/α,β-unsaturated/α-hetero) is 1. The van der Waals surface area contributed by atoms with Crippen LogP contribution in [0.3, 0.4) is 0 Å². The van der Waals surface area contributed by atoms with Crippen LogP contribution in [0.2, 0.25) is 0 Å². The smallest absolute Gasteiger partial charge is 0.339 e. The fraction of sp³-hybridized carbons (Fsp3) is 0.300. The van der Waals surface area contributed by atoms with Crippen molar-refractivity contribution in [2.45, 2.75) is 26.4 Å². The molecule has 132 valence electrons. The number of hydrogen-bond donors (Lipinski definition) is 0. The second-order valence-corrected chi connectivity index (χ2v) is 5.56. The molecular formula is C20H22O5. The molecule has 0 saturated heterocycles. The molecule has 0 saturated carbocycles.